The van der Waals surface area contributed by atoms with Crippen LogP contribution in [-0.2, 0) is 11.8 Å². The van der Waals surface area contributed by atoms with Crippen LogP contribution in [-0.4, -0.2) is 53.2 Å². The number of hydrogen-bond donors (Lipinski definition) is 2. The second-order valence-electron chi connectivity index (χ2n) is 7.46. The van der Waals surface area contributed by atoms with Crippen molar-refractivity contribution >= 4 is 29.2 Å². The zero-order valence-electron chi connectivity index (χ0n) is 15.6. The Kier molecular flexibility index (Phi) is 5.48. The fraction of sp³-hybridized carbons (Fsp3) is 0.500. The van der Waals surface area contributed by atoms with E-state index in [2.05, 4.69) is 21.4 Å². The molecule has 27 heavy (non-hydrogen) atoms. The maximum atomic E-state index is 7.73. The average Bonchev–Trinajstić information content (AvgIpc) is 3.35. The second-order valence-corrected chi connectivity index (χ2v) is 7.87. The number of benzene rings is 1. The standard InChI is InChI=1S/C20H26ClN5O/c1-25-12-16(11-23-25)24-20-9-18(19(21)8-15(20)10-22)14-2-5-26(6-3-14)17-4-7-27-13-17/h8-12,14,17,22,24H,2-7,13H2,1H3. The second kappa shape index (κ2) is 8.00. The van der Waals surface area contributed by atoms with E-state index in [-0.39, 0.29) is 0 Å². The molecule has 0 saturated carbocycles. The van der Waals surface area contributed by atoms with Gasteiger partial charge < -0.3 is 15.5 Å². The van der Waals surface area contributed by atoms with Gasteiger partial charge in [-0.1, -0.05) is 11.6 Å². The molecule has 7 heteroatoms. The molecule has 2 aromatic rings. The first kappa shape index (κ1) is 18.5. The molecule has 2 aliphatic rings. The molecule has 1 atom stereocenters. The molecule has 1 unspecified atom stereocenters. The van der Waals surface area contributed by atoms with Crippen LogP contribution in [0.3, 0.4) is 0 Å². The summed E-state index contributed by atoms with van der Waals surface area (Å²) >= 11 is 6.60. The highest BCUT2D eigenvalue weighted by Gasteiger charge is 2.29. The Morgan fingerprint density at radius 1 is 1.30 bits per heavy atom. The first-order valence-corrected chi connectivity index (χ1v) is 9.93. The molecule has 6 nitrogen and oxygen atoms in total. The molecule has 1 aromatic heterocycles. The van der Waals surface area contributed by atoms with E-state index >= 15 is 0 Å². The lowest BCUT2D eigenvalue weighted by molar-refractivity contribution is 0.122. The summed E-state index contributed by atoms with van der Waals surface area (Å²) in [5.74, 6) is 0.449. The first-order valence-electron chi connectivity index (χ1n) is 9.55. The van der Waals surface area contributed by atoms with E-state index in [1.54, 1.807) is 10.9 Å². The number of aromatic nitrogens is 2. The van der Waals surface area contributed by atoms with Crippen LogP contribution in [0, 0.1) is 5.41 Å². The van der Waals surface area contributed by atoms with Gasteiger partial charge in [0.2, 0.25) is 0 Å². The van der Waals surface area contributed by atoms with Crippen LogP contribution < -0.4 is 5.32 Å². The Labute approximate surface area is 165 Å². The molecule has 2 N–H and O–H groups in total. The Balaban J connectivity index is 1.52. The number of halogens is 1. The lowest BCUT2D eigenvalue weighted by Crippen LogP contribution is -2.41. The maximum Gasteiger partial charge on any atom is 0.0770 e. The number of hydrogen-bond acceptors (Lipinski definition) is 5. The molecule has 2 aliphatic heterocycles. The fourth-order valence-electron chi connectivity index (χ4n) is 4.17. The highest BCUT2D eigenvalue weighted by Crippen LogP contribution is 2.37. The van der Waals surface area contributed by atoms with Crippen LogP contribution in [0.5, 0.6) is 0 Å². The predicted octanol–water partition coefficient (Wildman–Crippen LogP) is 3.78. The molecule has 0 radical (unpaired) electrons. The van der Waals surface area contributed by atoms with E-state index < -0.39 is 0 Å². The van der Waals surface area contributed by atoms with Crippen molar-refractivity contribution < 1.29 is 4.74 Å². The quantitative estimate of drug-likeness (QED) is 0.766. The molecule has 0 spiro atoms. The minimum absolute atomic E-state index is 0.449. The van der Waals surface area contributed by atoms with Crippen molar-refractivity contribution in [2.45, 2.75) is 31.2 Å². The number of piperidine rings is 1. The van der Waals surface area contributed by atoms with Gasteiger partial charge in [-0.15, -0.1) is 0 Å². The lowest BCUT2D eigenvalue weighted by atomic mass is 9.87. The summed E-state index contributed by atoms with van der Waals surface area (Å²) in [4.78, 5) is 2.57. The minimum atomic E-state index is 0.449. The van der Waals surface area contributed by atoms with Crippen LogP contribution in [0.25, 0.3) is 0 Å². The molecule has 144 valence electrons. The van der Waals surface area contributed by atoms with Gasteiger partial charge in [0, 0.05) is 48.4 Å². The number of anilines is 2. The Morgan fingerprint density at radius 2 is 2.11 bits per heavy atom. The highest BCUT2D eigenvalue weighted by atomic mass is 35.5. The summed E-state index contributed by atoms with van der Waals surface area (Å²) in [6, 6.07) is 4.61. The van der Waals surface area contributed by atoms with Crippen molar-refractivity contribution in [3.8, 4) is 0 Å². The monoisotopic (exact) mass is 387 g/mol. The molecular weight excluding hydrogens is 362 g/mol. The summed E-state index contributed by atoms with van der Waals surface area (Å²) in [7, 11) is 1.89. The van der Waals surface area contributed by atoms with Crippen LogP contribution >= 0.6 is 11.6 Å². The maximum absolute atomic E-state index is 7.73. The van der Waals surface area contributed by atoms with E-state index in [9.17, 15) is 0 Å². The number of nitrogens with one attached hydrogen (secondary N) is 2. The number of nitrogens with zero attached hydrogens (tertiary/aromatic N) is 3. The summed E-state index contributed by atoms with van der Waals surface area (Å²) in [5, 5.41) is 16.1. The highest BCUT2D eigenvalue weighted by molar-refractivity contribution is 6.32. The summed E-state index contributed by atoms with van der Waals surface area (Å²) < 4.78 is 7.30. The van der Waals surface area contributed by atoms with Crippen LogP contribution in [0.4, 0.5) is 11.4 Å². The van der Waals surface area contributed by atoms with Crippen molar-refractivity contribution in [2.24, 2.45) is 7.05 Å². The first-order chi connectivity index (χ1) is 13.1. The van der Waals surface area contributed by atoms with Crippen molar-refractivity contribution in [2.75, 3.05) is 31.6 Å². The Morgan fingerprint density at radius 3 is 2.74 bits per heavy atom. The van der Waals surface area contributed by atoms with Gasteiger partial charge in [-0.2, -0.15) is 5.10 Å². The normalized spacial score (nSPS) is 21.5. The summed E-state index contributed by atoms with van der Waals surface area (Å²) in [6.45, 7) is 3.95. The molecular formula is C20H26ClN5O. The number of likely N-dealkylation sites (tertiary alicyclic amines) is 1. The third kappa shape index (κ3) is 4.03. The third-order valence-electron chi connectivity index (χ3n) is 5.70. The zero-order chi connectivity index (χ0) is 18.8. The van der Waals surface area contributed by atoms with Gasteiger partial charge in [0.05, 0.1) is 18.5 Å². The largest absolute Gasteiger partial charge is 0.380 e. The molecule has 1 aromatic carbocycles. The molecule has 0 bridgehead atoms. The van der Waals surface area contributed by atoms with E-state index in [0.29, 0.717) is 12.0 Å². The van der Waals surface area contributed by atoms with Gasteiger partial charge in [-0.3, -0.25) is 9.58 Å². The van der Waals surface area contributed by atoms with E-state index in [1.165, 1.54) is 11.8 Å². The Bertz CT molecular complexity index is 807. The van der Waals surface area contributed by atoms with Gasteiger partial charge in [0.15, 0.2) is 0 Å². The van der Waals surface area contributed by atoms with E-state index in [0.717, 1.165) is 67.5 Å². The number of aryl methyl sites for hydroxylation is 1. The van der Waals surface area contributed by atoms with Gasteiger partial charge in [-0.05, 0) is 56.0 Å². The predicted molar refractivity (Wildman–Crippen MR) is 109 cm³/mol. The summed E-state index contributed by atoms with van der Waals surface area (Å²) in [5.41, 5.74) is 3.78. The average molecular weight is 388 g/mol. The zero-order valence-corrected chi connectivity index (χ0v) is 16.4. The Hall–Kier alpha value is -1.89. The third-order valence-corrected chi connectivity index (χ3v) is 6.03. The summed E-state index contributed by atoms with van der Waals surface area (Å²) in [6.07, 6.45) is 8.41. The number of rotatable bonds is 5. The fourth-order valence-corrected chi connectivity index (χ4v) is 4.50. The molecule has 2 fully saturated rings. The smallest absolute Gasteiger partial charge is 0.0770 e. The minimum Gasteiger partial charge on any atom is -0.380 e. The molecule has 2 saturated heterocycles. The van der Waals surface area contributed by atoms with Crippen LogP contribution in [0.1, 0.15) is 36.3 Å². The van der Waals surface area contributed by atoms with E-state index in [4.69, 9.17) is 21.7 Å². The molecule has 4 rings (SSSR count). The van der Waals surface area contributed by atoms with Crippen molar-refractivity contribution in [1.82, 2.24) is 14.7 Å². The van der Waals surface area contributed by atoms with Crippen molar-refractivity contribution in [3.05, 3.63) is 40.7 Å². The van der Waals surface area contributed by atoms with Gasteiger partial charge in [0.25, 0.3) is 0 Å². The molecule has 3 heterocycles. The molecule has 0 amide bonds. The molecule has 0 aliphatic carbocycles. The van der Waals surface area contributed by atoms with Crippen molar-refractivity contribution in [3.63, 3.8) is 0 Å². The van der Waals surface area contributed by atoms with Gasteiger partial charge >= 0.3 is 0 Å². The lowest BCUT2D eigenvalue weighted by Gasteiger charge is -2.36. The SMILES string of the molecule is Cn1cc(Nc2cc(C3CCN(C4CCOC4)CC3)c(Cl)cc2C=N)cn1. The van der Waals surface area contributed by atoms with Crippen molar-refractivity contribution in [1.29, 1.82) is 5.41 Å². The van der Waals surface area contributed by atoms with Crippen LogP contribution in [0.15, 0.2) is 24.5 Å². The van der Waals surface area contributed by atoms with Gasteiger partial charge in [0.1, 0.15) is 0 Å². The van der Waals surface area contributed by atoms with E-state index in [1.807, 2.05) is 19.3 Å². The van der Waals surface area contributed by atoms with Crippen LogP contribution in [0.2, 0.25) is 5.02 Å². The topological polar surface area (TPSA) is 66.2 Å². The van der Waals surface area contributed by atoms with Gasteiger partial charge in [-0.25, -0.2) is 0 Å². The number of ether oxygens (including phenoxy) is 1.